The summed E-state index contributed by atoms with van der Waals surface area (Å²) in [4.78, 5) is 9.87. The SMILES string of the molecule is Cc1[nH]nc(OC[C@H](F)CO)c1[N+](=O)[O-]. The third-order valence-corrected chi connectivity index (χ3v) is 1.66. The zero-order valence-corrected chi connectivity index (χ0v) is 7.94. The Hall–Kier alpha value is -1.70. The largest absolute Gasteiger partial charge is 0.469 e. The van der Waals surface area contributed by atoms with Crippen molar-refractivity contribution >= 4 is 5.69 Å². The Morgan fingerprint density at radius 2 is 2.47 bits per heavy atom. The van der Waals surface area contributed by atoms with E-state index in [1.165, 1.54) is 6.92 Å². The van der Waals surface area contributed by atoms with Gasteiger partial charge in [-0.3, -0.25) is 15.2 Å². The number of aromatic nitrogens is 2. The molecule has 0 unspecified atom stereocenters. The molecule has 1 atom stereocenters. The second-order valence-electron chi connectivity index (χ2n) is 2.85. The van der Waals surface area contributed by atoms with E-state index in [1.54, 1.807) is 0 Å². The highest BCUT2D eigenvalue weighted by molar-refractivity contribution is 5.44. The number of halogens is 1. The van der Waals surface area contributed by atoms with Gasteiger partial charge in [0, 0.05) is 0 Å². The van der Waals surface area contributed by atoms with Crippen LogP contribution in [0.3, 0.4) is 0 Å². The second-order valence-corrected chi connectivity index (χ2v) is 2.85. The van der Waals surface area contributed by atoms with Gasteiger partial charge in [-0.05, 0) is 6.92 Å². The maximum atomic E-state index is 12.6. The Labute approximate surface area is 84.0 Å². The van der Waals surface area contributed by atoms with Gasteiger partial charge in [-0.25, -0.2) is 4.39 Å². The van der Waals surface area contributed by atoms with Gasteiger partial charge in [0.05, 0.1) is 11.5 Å². The van der Waals surface area contributed by atoms with Crippen molar-refractivity contribution in [1.29, 1.82) is 0 Å². The molecule has 0 radical (unpaired) electrons. The average molecular weight is 219 g/mol. The maximum Gasteiger partial charge on any atom is 0.352 e. The molecule has 0 aromatic carbocycles. The molecule has 0 amide bonds. The number of nitrogens with zero attached hydrogens (tertiary/aromatic N) is 2. The molecule has 1 rings (SSSR count). The summed E-state index contributed by atoms with van der Waals surface area (Å²) in [5.74, 6) is -0.270. The third-order valence-electron chi connectivity index (χ3n) is 1.66. The summed E-state index contributed by atoms with van der Waals surface area (Å²) in [5.41, 5.74) is -0.0884. The first-order chi connectivity index (χ1) is 7.06. The molecule has 0 saturated carbocycles. The number of aromatic amines is 1. The molecular formula is C7H10FN3O4. The highest BCUT2D eigenvalue weighted by atomic mass is 19.1. The molecule has 0 bridgehead atoms. The van der Waals surface area contributed by atoms with Gasteiger partial charge in [0.1, 0.15) is 12.3 Å². The van der Waals surface area contributed by atoms with Crippen LogP contribution in [0.15, 0.2) is 0 Å². The van der Waals surface area contributed by atoms with E-state index in [-0.39, 0.29) is 17.3 Å². The van der Waals surface area contributed by atoms with E-state index in [4.69, 9.17) is 9.84 Å². The zero-order chi connectivity index (χ0) is 11.4. The van der Waals surface area contributed by atoms with Crippen LogP contribution in [0.2, 0.25) is 0 Å². The first kappa shape index (κ1) is 11.4. The van der Waals surface area contributed by atoms with E-state index < -0.39 is 24.3 Å². The van der Waals surface area contributed by atoms with Gasteiger partial charge in [0.2, 0.25) is 0 Å². The maximum absolute atomic E-state index is 12.6. The van der Waals surface area contributed by atoms with Gasteiger partial charge in [-0.15, -0.1) is 5.10 Å². The van der Waals surface area contributed by atoms with Crippen molar-refractivity contribution in [3.63, 3.8) is 0 Å². The Morgan fingerprint density at radius 3 is 3.00 bits per heavy atom. The van der Waals surface area contributed by atoms with Gasteiger partial charge in [0.25, 0.3) is 0 Å². The lowest BCUT2D eigenvalue weighted by Crippen LogP contribution is -2.17. The van der Waals surface area contributed by atoms with Crippen LogP contribution < -0.4 is 4.74 Å². The van der Waals surface area contributed by atoms with Crippen molar-refractivity contribution in [3.05, 3.63) is 15.8 Å². The van der Waals surface area contributed by atoms with Crippen LogP contribution in [0.5, 0.6) is 5.88 Å². The van der Waals surface area contributed by atoms with Crippen molar-refractivity contribution < 1.29 is 19.2 Å². The van der Waals surface area contributed by atoms with Crippen LogP contribution in [-0.4, -0.2) is 39.6 Å². The molecular weight excluding hydrogens is 209 g/mol. The molecule has 7 nitrogen and oxygen atoms in total. The predicted octanol–water partition coefficient (Wildman–Crippen LogP) is 0.336. The van der Waals surface area contributed by atoms with Crippen molar-refractivity contribution in [2.24, 2.45) is 0 Å². The lowest BCUT2D eigenvalue weighted by atomic mass is 10.4. The summed E-state index contributed by atoms with van der Waals surface area (Å²) in [6.45, 7) is 0.288. The van der Waals surface area contributed by atoms with Crippen molar-refractivity contribution in [3.8, 4) is 5.88 Å². The van der Waals surface area contributed by atoms with Crippen molar-refractivity contribution in [2.45, 2.75) is 13.1 Å². The number of ether oxygens (including phenoxy) is 1. The quantitative estimate of drug-likeness (QED) is 0.549. The average Bonchev–Trinajstić information content (AvgIpc) is 2.56. The number of nitrogens with one attached hydrogen (secondary N) is 1. The standard InChI is InChI=1S/C7H10FN3O4/c1-4-6(11(13)14)7(10-9-4)15-3-5(8)2-12/h5,12H,2-3H2,1H3,(H,9,10)/t5-/m1/s1. The fourth-order valence-electron chi connectivity index (χ4n) is 0.939. The van der Waals surface area contributed by atoms with Crippen LogP contribution in [0.25, 0.3) is 0 Å². The van der Waals surface area contributed by atoms with Crippen LogP contribution in [0.1, 0.15) is 5.69 Å². The molecule has 0 saturated heterocycles. The fraction of sp³-hybridized carbons (Fsp3) is 0.571. The van der Waals surface area contributed by atoms with Crippen molar-refractivity contribution in [1.82, 2.24) is 10.2 Å². The number of nitro groups is 1. The van der Waals surface area contributed by atoms with E-state index in [2.05, 4.69) is 10.2 Å². The molecule has 84 valence electrons. The Kier molecular flexibility index (Phi) is 3.56. The minimum Gasteiger partial charge on any atom is -0.469 e. The van der Waals surface area contributed by atoms with Crippen LogP contribution in [0, 0.1) is 17.0 Å². The summed E-state index contributed by atoms with van der Waals surface area (Å²) >= 11 is 0. The van der Waals surface area contributed by atoms with Gasteiger partial charge in [-0.1, -0.05) is 0 Å². The highest BCUT2D eigenvalue weighted by Gasteiger charge is 2.23. The number of aliphatic hydroxyl groups is 1. The third kappa shape index (κ3) is 2.62. The van der Waals surface area contributed by atoms with Gasteiger partial charge in [0.15, 0.2) is 6.17 Å². The number of rotatable bonds is 5. The molecule has 0 fully saturated rings. The van der Waals surface area contributed by atoms with Gasteiger partial charge >= 0.3 is 11.6 Å². The van der Waals surface area contributed by atoms with Crippen molar-refractivity contribution in [2.75, 3.05) is 13.2 Å². The molecule has 1 heterocycles. The monoisotopic (exact) mass is 219 g/mol. The number of hydrogen-bond donors (Lipinski definition) is 2. The summed E-state index contributed by atoms with van der Waals surface area (Å²) in [7, 11) is 0. The molecule has 0 spiro atoms. The molecule has 1 aromatic heterocycles. The van der Waals surface area contributed by atoms with E-state index in [0.717, 1.165) is 0 Å². The molecule has 8 heteroatoms. The molecule has 15 heavy (non-hydrogen) atoms. The van der Waals surface area contributed by atoms with Crippen LogP contribution in [0.4, 0.5) is 10.1 Å². The highest BCUT2D eigenvalue weighted by Crippen LogP contribution is 2.27. The number of aryl methyl sites for hydroxylation is 1. The van der Waals surface area contributed by atoms with Crippen LogP contribution >= 0.6 is 0 Å². The van der Waals surface area contributed by atoms with Crippen LogP contribution in [-0.2, 0) is 0 Å². The Morgan fingerprint density at radius 1 is 1.80 bits per heavy atom. The topological polar surface area (TPSA) is 101 Å². The summed E-state index contributed by atoms with van der Waals surface area (Å²) in [5, 5.41) is 24.8. The number of aliphatic hydroxyl groups excluding tert-OH is 1. The smallest absolute Gasteiger partial charge is 0.352 e. The fourth-order valence-corrected chi connectivity index (χ4v) is 0.939. The first-order valence-corrected chi connectivity index (χ1v) is 4.13. The Bertz CT molecular complexity index is 354. The molecule has 0 aliphatic rings. The zero-order valence-electron chi connectivity index (χ0n) is 7.94. The first-order valence-electron chi connectivity index (χ1n) is 4.13. The van der Waals surface area contributed by atoms with Gasteiger partial charge < -0.3 is 9.84 Å². The second kappa shape index (κ2) is 4.69. The number of H-pyrrole nitrogens is 1. The van der Waals surface area contributed by atoms with E-state index in [0.29, 0.717) is 0 Å². The number of alkyl halides is 1. The normalized spacial score (nSPS) is 12.5. The molecule has 1 aromatic rings. The summed E-state index contributed by atoms with van der Waals surface area (Å²) in [6, 6.07) is 0. The lowest BCUT2D eigenvalue weighted by Gasteiger charge is -2.04. The lowest BCUT2D eigenvalue weighted by molar-refractivity contribution is -0.386. The number of hydrogen-bond acceptors (Lipinski definition) is 5. The van der Waals surface area contributed by atoms with E-state index in [9.17, 15) is 14.5 Å². The summed E-state index contributed by atoms with van der Waals surface area (Å²) < 4.78 is 17.3. The molecule has 0 aliphatic carbocycles. The van der Waals surface area contributed by atoms with E-state index in [1.807, 2.05) is 0 Å². The minimum atomic E-state index is -1.58. The van der Waals surface area contributed by atoms with E-state index >= 15 is 0 Å². The molecule has 2 N–H and O–H groups in total. The molecule has 0 aliphatic heterocycles. The predicted molar refractivity (Wildman–Crippen MR) is 47.5 cm³/mol. The minimum absolute atomic E-state index is 0.231. The van der Waals surface area contributed by atoms with Gasteiger partial charge in [-0.2, -0.15) is 0 Å². The Balaban J connectivity index is 2.73. The summed E-state index contributed by atoms with van der Waals surface area (Å²) in [6.07, 6.45) is -1.58.